The van der Waals surface area contributed by atoms with Crippen molar-refractivity contribution in [3.63, 3.8) is 0 Å². The second-order valence-corrected chi connectivity index (χ2v) is 15.8. The average molecular weight is 383 g/mol. The molecule has 0 fully saturated rings. The first-order valence-electron chi connectivity index (χ1n) is 5.77. The van der Waals surface area contributed by atoms with E-state index < -0.39 is 24.6 Å². The molecule has 1 nitrogen and oxygen atoms in total. The molecule has 0 saturated carbocycles. The van der Waals surface area contributed by atoms with Gasteiger partial charge >= 0.3 is 111 Å². The molecule has 19 heavy (non-hydrogen) atoms. The van der Waals surface area contributed by atoms with E-state index in [0.29, 0.717) is 3.15 Å². The Morgan fingerprint density at radius 2 is 1.00 bits per heavy atom. The van der Waals surface area contributed by atoms with Crippen LogP contribution in [0, 0.1) is 0 Å². The number of benzene rings is 2. The van der Waals surface area contributed by atoms with Gasteiger partial charge in [0.05, 0.1) is 0 Å². The maximum absolute atomic E-state index is 15.5. The average Bonchev–Trinajstić information content (AvgIpc) is 2.41. The molecule has 2 rings (SSSR count). The van der Waals surface area contributed by atoms with Crippen LogP contribution >= 0.6 is 0 Å². The van der Waals surface area contributed by atoms with Gasteiger partial charge in [0, 0.05) is 0 Å². The Bertz CT molecular complexity index is 542. The van der Waals surface area contributed by atoms with Crippen LogP contribution in [0.4, 0.5) is 8.68 Å². The summed E-state index contributed by atoms with van der Waals surface area (Å²) in [6.45, 7) is 0. The van der Waals surface area contributed by atoms with Gasteiger partial charge in [-0.05, 0) is 0 Å². The van der Waals surface area contributed by atoms with E-state index in [1.54, 1.807) is 12.1 Å². The molecule has 2 aromatic carbocycles. The van der Waals surface area contributed by atoms with Gasteiger partial charge in [-0.2, -0.15) is 0 Å². The third-order valence-electron chi connectivity index (χ3n) is 3.25. The third-order valence-corrected chi connectivity index (χ3v) is 14.8. The maximum atomic E-state index is 15.5. The van der Waals surface area contributed by atoms with E-state index in [2.05, 4.69) is 0 Å². The zero-order valence-electron chi connectivity index (χ0n) is 10.8. The van der Waals surface area contributed by atoms with Crippen molar-refractivity contribution in [2.24, 2.45) is 0 Å². The van der Waals surface area contributed by atoms with Crippen LogP contribution in [0.1, 0.15) is 0 Å². The minimum atomic E-state index is -8.18. The van der Waals surface area contributed by atoms with Crippen molar-refractivity contribution in [1.82, 2.24) is 3.15 Å². The van der Waals surface area contributed by atoms with Crippen LogP contribution in [-0.4, -0.2) is 34.7 Å². The Kier molecular flexibility index (Phi) is 3.02. The number of nitrogens with zero attached hydrogens (tertiary/aromatic N) is 1. The predicted octanol–water partition coefficient (Wildman–Crippen LogP) is 2.61. The zero-order valence-corrected chi connectivity index (χ0v) is 13.1. The fourth-order valence-corrected chi connectivity index (χ4v) is 9.28. The summed E-state index contributed by atoms with van der Waals surface area (Å²) >= 11 is -8.18. The third kappa shape index (κ3) is 1.88. The molecular formula is C14H16F3NTe. The van der Waals surface area contributed by atoms with Gasteiger partial charge in [0.1, 0.15) is 0 Å². The molecule has 0 N–H and O–H groups in total. The van der Waals surface area contributed by atoms with Crippen LogP contribution in [0.15, 0.2) is 60.7 Å². The molecule has 0 amide bonds. The molecule has 0 aliphatic carbocycles. The quantitative estimate of drug-likeness (QED) is 0.738. The van der Waals surface area contributed by atoms with Crippen molar-refractivity contribution in [1.29, 1.82) is 0 Å². The van der Waals surface area contributed by atoms with Crippen molar-refractivity contribution in [2.75, 3.05) is 14.1 Å². The van der Waals surface area contributed by atoms with Gasteiger partial charge in [0.25, 0.3) is 0 Å². The van der Waals surface area contributed by atoms with Crippen molar-refractivity contribution >= 4 is 24.6 Å². The Labute approximate surface area is 111 Å². The standard InChI is InChI=1S/C14H16F3NTe/c1-18(2)19(15,16,17,13-9-5-3-6-10-13)14-11-7-4-8-12-14/h3-12H,1-2H3. The summed E-state index contributed by atoms with van der Waals surface area (Å²) in [5, 5.41) is 0. The van der Waals surface area contributed by atoms with Crippen molar-refractivity contribution in [2.45, 2.75) is 0 Å². The molecule has 0 aliphatic heterocycles. The van der Waals surface area contributed by atoms with Gasteiger partial charge in [-0.25, -0.2) is 0 Å². The number of rotatable bonds is 3. The first-order chi connectivity index (χ1) is 8.72. The Balaban J connectivity index is 2.88. The SMILES string of the molecule is CN(C)[Te](F)(F)(F)(c1ccccc1)c1ccccc1. The fourth-order valence-electron chi connectivity index (χ4n) is 1.97. The molecule has 0 heterocycles. The summed E-state index contributed by atoms with van der Waals surface area (Å²) in [5.41, 5.74) is 0. The number of hydrogen-bond donors (Lipinski definition) is 0. The Morgan fingerprint density at radius 3 is 1.26 bits per heavy atom. The first kappa shape index (κ1) is 14.4. The van der Waals surface area contributed by atoms with Crippen LogP contribution in [0.2, 0.25) is 0 Å². The van der Waals surface area contributed by atoms with Crippen LogP contribution in [0.5, 0.6) is 0 Å². The molecule has 5 heteroatoms. The van der Waals surface area contributed by atoms with Gasteiger partial charge in [-0.15, -0.1) is 0 Å². The van der Waals surface area contributed by atoms with E-state index in [1.807, 2.05) is 0 Å². The molecule has 0 radical (unpaired) electrons. The minimum absolute atomic E-state index is 0.492. The van der Waals surface area contributed by atoms with Gasteiger partial charge in [0.15, 0.2) is 0 Å². The normalized spacial score (nSPS) is 15.9. The molecular weight excluding hydrogens is 367 g/mol. The fraction of sp³-hybridized carbons (Fsp3) is 0.143. The molecule has 0 spiro atoms. The number of halogens is 3. The molecule has 0 bridgehead atoms. The van der Waals surface area contributed by atoms with Gasteiger partial charge in [-0.1, -0.05) is 0 Å². The van der Waals surface area contributed by atoms with E-state index in [4.69, 9.17) is 0 Å². The summed E-state index contributed by atoms with van der Waals surface area (Å²) in [6, 6.07) is 13.6. The van der Waals surface area contributed by atoms with Crippen molar-refractivity contribution < 1.29 is 8.68 Å². The molecule has 0 aliphatic rings. The van der Waals surface area contributed by atoms with Crippen LogP contribution in [-0.2, 0) is 0 Å². The summed E-state index contributed by atoms with van der Waals surface area (Å²) in [7, 11) is 2.21. The second-order valence-electron chi connectivity index (χ2n) is 4.57. The first-order valence-corrected chi connectivity index (χ1v) is 11.8. The number of hydrogen-bond acceptors (Lipinski definition) is 1. The van der Waals surface area contributed by atoms with Crippen LogP contribution in [0.25, 0.3) is 0 Å². The summed E-state index contributed by atoms with van der Waals surface area (Å²) < 4.78 is 46.0. The van der Waals surface area contributed by atoms with Crippen molar-refractivity contribution in [3.05, 3.63) is 60.7 Å². The Morgan fingerprint density at radius 1 is 0.684 bits per heavy atom. The molecule has 2 aromatic rings. The van der Waals surface area contributed by atoms with Gasteiger partial charge < -0.3 is 0 Å². The second kappa shape index (κ2) is 3.99. The molecule has 0 atom stereocenters. The van der Waals surface area contributed by atoms with Gasteiger partial charge in [0.2, 0.25) is 0 Å². The van der Waals surface area contributed by atoms with E-state index in [1.165, 1.54) is 48.5 Å². The monoisotopic (exact) mass is 385 g/mol. The summed E-state index contributed by atoms with van der Waals surface area (Å²) in [4.78, 5) is 0. The van der Waals surface area contributed by atoms with Crippen LogP contribution < -0.4 is 7.22 Å². The molecule has 104 valence electrons. The summed E-state index contributed by atoms with van der Waals surface area (Å²) in [5.74, 6) is 0. The molecule has 0 saturated heterocycles. The van der Waals surface area contributed by atoms with E-state index >= 15 is 8.68 Å². The predicted molar refractivity (Wildman–Crippen MR) is 74.9 cm³/mol. The topological polar surface area (TPSA) is 3.24 Å². The summed E-state index contributed by atoms with van der Waals surface area (Å²) in [6.07, 6.45) is 0. The zero-order chi connectivity index (χ0) is 14.2. The van der Waals surface area contributed by atoms with E-state index in [9.17, 15) is 0 Å². The van der Waals surface area contributed by atoms with E-state index in [-0.39, 0.29) is 0 Å². The molecule has 0 unspecified atom stereocenters. The van der Waals surface area contributed by atoms with Gasteiger partial charge in [-0.3, -0.25) is 0 Å². The molecule has 0 aromatic heterocycles. The Hall–Kier alpha value is -1.02. The van der Waals surface area contributed by atoms with E-state index in [0.717, 1.165) is 14.1 Å². The van der Waals surface area contributed by atoms with Crippen molar-refractivity contribution in [3.8, 4) is 0 Å². The van der Waals surface area contributed by atoms with Crippen LogP contribution in [0.3, 0.4) is 0 Å².